The first-order valence-corrected chi connectivity index (χ1v) is 8.61. The fourth-order valence-corrected chi connectivity index (χ4v) is 3.34. The zero-order chi connectivity index (χ0) is 18.1. The standard InChI is InChI=1S/C19H20FN5O/c1-2-26-15-9-5-13(6-10-15)17-11-16(12-3-7-14(20)8-4-12)22-19-23-18(21)24-25(17)19/h3-10,16-17H,2,11H2,1H3,(H3,21,22,23,24)/t16-,17-/m1/s1. The van der Waals surface area contributed by atoms with Crippen molar-refractivity contribution in [3.63, 3.8) is 0 Å². The van der Waals surface area contributed by atoms with Crippen LogP contribution in [0.15, 0.2) is 48.5 Å². The van der Waals surface area contributed by atoms with Crippen molar-refractivity contribution in [2.24, 2.45) is 0 Å². The molecule has 134 valence electrons. The van der Waals surface area contributed by atoms with Gasteiger partial charge in [0, 0.05) is 0 Å². The topological polar surface area (TPSA) is 78.0 Å². The molecule has 1 aliphatic rings. The largest absolute Gasteiger partial charge is 0.494 e. The van der Waals surface area contributed by atoms with E-state index in [0.717, 1.165) is 23.3 Å². The number of nitrogens with two attached hydrogens (primary N) is 1. The zero-order valence-corrected chi connectivity index (χ0v) is 14.4. The molecule has 1 aliphatic heterocycles. The lowest BCUT2D eigenvalue weighted by atomic mass is 9.93. The molecule has 4 rings (SSSR count). The van der Waals surface area contributed by atoms with E-state index in [4.69, 9.17) is 10.5 Å². The third-order valence-electron chi connectivity index (χ3n) is 4.55. The van der Waals surface area contributed by atoms with E-state index in [1.54, 1.807) is 12.1 Å². The molecular weight excluding hydrogens is 333 g/mol. The second kappa shape index (κ2) is 6.67. The van der Waals surface area contributed by atoms with Crippen LogP contribution < -0.4 is 15.8 Å². The van der Waals surface area contributed by atoms with Gasteiger partial charge in [0.05, 0.1) is 18.7 Å². The summed E-state index contributed by atoms with van der Waals surface area (Å²) >= 11 is 0. The van der Waals surface area contributed by atoms with Gasteiger partial charge in [-0.15, -0.1) is 5.10 Å². The number of anilines is 2. The summed E-state index contributed by atoms with van der Waals surface area (Å²) in [4.78, 5) is 4.29. The van der Waals surface area contributed by atoms with Crippen LogP contribution in [0.25, 0.3) is 0 Å². The molecule has 0 amide bonds. The molecule has 3 N–H and O–H groups in total. The molecule has 26 heavy (non-hydrogen) atoms. The molecule has 0 spiro atoms. The van der Waals surface area contributed by atoms with Gasteiger partial charge in [-0.3, -0.25) is 0 Å². The van der Waals surface area contributed by atoms with Crippen LogP contribution in [-0.2, 0) is 0 Å². The molecule has 2 atom stereocenters. The van der Waals surface area contributed by atoms with Crippen molar-refractivity contribution >= 4 is 11.9 Å². The second-order valence-electron chi connectivity index (χ2n) is 6.24. The third-order valence-corrected chi connectivity index (χ3v) is 4.55. The van der Waals surface area contributed by atoms with Crippen LogP contribution in [0, 0.1) is 5.82 Å². The van der Waals surface area contributed by atoms with Crippen molar-refractivity contribution in [3.05, 3.63) is 65.5 Å². The summed E-state index contributed by atoms with van der Waals surface area (Å²) in [5.41, 5.74) is 7.90. The molecule has 6 nitrogen and oxygen atoms in total. The maximum absolute atomic E-state index is 13.3. The lowest BCUT2D eigenvalue weighted by Gasteiger charge is -2.31. The number of benzene rings is 2. The molecule has 2 aromatic carbocycles. The normalized spacial score (nSPS) is 18.8. The van der Waals surface area contributed by atoms with Gasteiger partial charge in [0.15, 0.2) is 0 Å². The smallest absolute Gasteiger partial charge is 0.241 e. The Balaban J connectivity index is 1.69. The number of nitrogens with zero attached hydrogens (tertiary/aromatic N) is 3. The Morgan fingerprint density at radius 3 is 2.54 bits per heavy atom. The number of fused-ring (bicyclic) bond motifs is 1. The summed E-state index contributed by atoms with van der Waals surface area (Å²) in [6.45, 7) is 2.58. The average molecular weight is 353 g/mol. The first-order chi connectivity index (χ1) is 12.6. The van der Waals surface area contributed by atoms with Crippen molar-refractivity contribution in [2.45, 2.75) is 25.4 Å². The molecule has 2 heterocycles. The van der Waals surface area contributed by atoms with Gasteiger partial charge in [0.25, 0.3) is 0 Å². The summed E-state index contributed by atoms with van der Waals surface area (Å²) in [6, 6.07) is 14.4. The van der Waals surface area contributed by atoms with Crippen molar-refractivity contribution in [3.8, 4) is 5.75 Å². The number of hydrogen-bond donors (Lipinski definition) is 2. The molecule has 1 aromatic heterocycles. The highest BCUT2D eigenvalue weighted by atomic mass is 19.1. The van der Waals surface area contributed by atoms with Crippen molar-refractivity contribution in [1.82, 2.24) is 14.8 Å². The minimum atomic E-state index is -0.250. The van der Waals surface area contributed by atoms with Gasteiger partial charge in [-0.25, -0.2) is 9.07 Å². The molecule has 3 aromatic rings. The van der Waals surface area contributed by atoms with Crippen LogP contribution in [-0.4, -0.2) is 21.4 Å². The van der Waals surface area contributed by atoms with Gasteiger partial charge in [-0.2, -0.15) is 4.98 Å². The van der Waals surface area contributed by atoms with Crippen molar-refractivity contribution in [2.75, 3.05) is 17.7 Å². The molecule has 7 heteroatoms. The van der Waals surface area contributed by atoms with Gasteiger partial charge in [0.2, 0.25) is 11.9 Å². The number of nitrogens with one attached hydrogen (secondary N) is 1. The van der Waals surface area contributed by atoms with Gasteiger partial charge >= 0.3 is 0 Å². The van der Waals surface area contributed by atoms with Crippen LogP contribution in [0.3, 0.4) is 0 Å². The molecule has 0 fully saturated rings. The molecule has 0 bridgehead atoms. The van der Waals surface area contributed by atoms with E-state index >= 15 is 0 Å². The number of rotatable bonds is 4. The SMILES string of the molecule is CCOc1ccc([C@H]2C[C@H](c3ccc(F)cc3)Nc3nc(N)nn32)cc1. The fourth-order valence-electron chi connectivity index (χ4n) is 3.34. The molecule has 0 radical (unpaired) electrons. The number of aromatic nitrogens is 3. The monoisotopic (exact) mass is 353 g/mol. The highest BCUT2D eigenvalue weighted by Crippen LogP contribution is 2.38. The van der Waals surface area contributed by atoms with Crippen molar-refractivity contribution in [1.29, 1.82) is 0 Å². The summed E-state index contributed by atoms with van der Waals surface area (Å²) in [5, 5.41) is 7.69. The summed E-state index contributed by atoms with van der Waals surface area (Å²) in [5.74, 6) is 1.42. The molecular formula is C19H20FN5O. The Morgan fingerprint density at radius 1 is 1.15 bits per heavy atom. The van der Waals surface area contributed by atoms with Gasteiger partial charge < -0.3 is 15.8 Å². The van der Waals surface area contributed by atoms with Crippen molar-refractivity contribution < 1.29 is 9.13 Å². The van der Waals surface area contributed by atoms with Gasteiger partial charge in [0.1, 0.15) is 11.6 Å². The van der Waals surface area contributed by atoms with Gasteiger partial charge in [-0.1, -0.05) is 24.3 Å². The van der Waals surface area contributed by atoms with E-state index in [2.05, 4.69) is 15.4 Å². The molecule has 0 saturated carbocycles. The molecule has 0 unspecified atom stereocenters. The Kier molecular flexibility index (Phi) is 4.20. The summed E-state index contributed by atoms with van der Waals surface area (Å²) in [6.07, 6.45) is 0.745. The summed E-state index contributed by atoms with van der Waals surface area (Å²) < 4.78 is 20.6. The number of halogens is 1. The minimum Gasteiger partial charge on any atom is -0.494 e. The summed E-state index contributed by atoms with van der Waals surface area (Å²) in [7, 11) is 0. The second-order valence-corrected chi connectivity index (χ2v) is 6.24. The zero-order valence-electron chi connectivity index (χ0n) is 14.4. The average Bonchev–Trinajstić information content (AvgIpc) is 3.02. The van der Waals surface area contributed by atoms with E-state index in [1.807, 2.05) is 35.9 Å². The van der Waals surface area contributed by atoms with E-state index in [-0.39, 0.29) is 23.8 Å². The van der Waals surface area contributed by atoms with E-state index in [0.29, 0.717) is 12.6 Å². The van der Waals surface area contributed by atoms with Crippen LogP contribution >= 0.6 is 0 Å². The highest BCUT2D eigenvalue weighted by Gasteiger charge is 2.30. The van der Waals surface area contributed by atoms with E-state index < -0.39 is 0 Å². The number of hydrogen-bond acceptors (Lipinski definition) is 5. The Labute approximate surface area is 150 Å². The highest BCUT2D eigenvalue weighted by molar-refractivity contribution is 5.42. The number of nitrogen functional groups attached to an aromatic ring is 1. The van der Waals surface area contributed by atoms with E-state index in [9.17, 15) is 4.39 Å². The maximum Gasteiger partial charge on any atom is 0.241 e. The Hall–Kier alpha value is -3.09. The fraction of sp³-hybridized carbons (Fsp3) is 0.263. The van der Waals surface area contributed by atoms with Crippen LogP contribution in [0.4, 0.5) is 16.3 Å². The van der Waals surface area contributed by atoms with Crippen LogP contribution in [0.2, 0.25) is 0 Å². The lowest BCUT2D eigenvalue weighted by molar-refractivity contribution is 0.340. The van der Waals surface area contributed by atoms with Crippen LogP contribution in [0.5, 0.6) is 5.75 Å². The minimum absolute atomic E-state index is 0.0109. The predicted octanol–water partition coefficient (Wildman–Crippen LogP) is 3.54. The first kappa shape index (κ1) is 16.4. The van der Waals surface area contributed by atoms with Gasteiger partial charge in [-0.05, 0) is 48.7 Å². The maximum atomic E-state index is 13.3. The van der Waals surface area contributed by atoms with Crippen LogP contribution in [0.1, 0.15) is 36.6 Å². The molecule has 0 saturated heterocycles. The van der Waals surface area contributed by atoms with E-state index in [1.165, 1.54) is 12.1 Å². The first-order valence-electron chi connectivity index (χ1n) is 8.61. The predicted molar refractivity (Wildman–Crippen MR) is 97.6 cm³/mol. The third kappa shape index (κ3) is 3.08. The number of ether oxygens (including phenoxy) is 1. The Morgan fingerprint density at radius 2 is 1.85 bits per heavy atom. The lowest BCUT2D eigenvalue weighted by Crippen LogP contribution is -2.28. The quantitative estimate of drug-likeness (QED) is 0.750. The molecule has 0 aliphatic carbocycles. The Bertz CT molecular complexity index is 891.